The molecule has 0 amide bonds. The molecule has 6 nitrogen and oxygen atoms in total. The van der Waals surface area contributed by atoms with Crippen LogP contribution in [0.15, 0.2) is 30.3 Å². The van der Waals surface area contributed by atoms with Crippen LogP contribution in [0.3, 0.4) is 0 Å². The fourth-order valence-corrected chi connectivity index (χ4v) is 3.86. The second kappa shape index (κ2) is 9.18. The van der Waals surface area contributed by atoms with E-state index in [0.29, 0.717) is 39.9 Å². The summed E-state index contributed by atoms with van der Waals surface area (Å²) in [5, 5.41) is 11.3. The predicted molar refractivity (Wildman–Crippen MR) is 121 cm³/mol. The maximum atomic E-state index is 11.3. The second-order valence-corrected chi connectivity index (χ2v) is 13.4. The number of benzene rings is 2. The Morgan fingerprint density at radius 1 is 0.800 bits per heavy atom. The van der Waals surface area contributed by atoms with E-state index in [2.05, 4.69) is 33.9 Å². The molecule has 0 aliphatic heterocycles. The van der Waals surface area contributed by atoms with Crippen molar-refractivity contribution in [2.75, 3.05) is 28.4 Å². The number of ether oxygens (including phenoxy) is 4. The Kier molecular flexibility index (Phi) is 7.31. The zero-order valence-electron chi connectivity index (χ0n) is 19.5. The van der Waals surface area contributed by atoms with Crippen molar-refractivity contribution in [3.8, 4) is 28.7 Å². The van der Waals surface area contributed by atoms with Crippen molar-refractivity contribution in [3.05, 3.63) is 41.5 Å². The summed E-state index contributed by atoms with van der Waals surface area (Å²) in [5.41, 5.74) is 1.25. The standard InChI is InChI=1S/C23H34O6Si/c1-23(2,3)30(8,9)29-18-14-16(25-4)10-11-17(18)21(24)15-12-19(26-5)22(28-7)20(13-15)27-6/h10-14,21,24H,1-9H3. The minimum Gasteiger partial charge on any atom is -0.543 e. The fraction of sp³-hybridized carbons (Fsp3) is 0.478. The van der Waals surface area contributed by atoms with Gasteiger partial charge >= 0.3 is 0 Å². The van der Waals surface area contributed by atoms with Crippen LogP contribution in [0, 0.1) is 0 Å². The molecule has 1 N–H and O–H groups in total. The third-order valence-electron chi connectivity index (χ3n) is 5.69. The van der Waals surface area contributed by atoms with E-state index in [1.807, 2.05) is 18.2 Å². The Bertz CT molecular complexity index is 847. The normalized spacial score (nSPS) is 12.9. The van der Waals surface area contributed by atoms with E-state index in [-0.39, 0.29) is 5.04 Å². The van der Waals surface area contributed by atoms with Crippen LogP contribution in [0.4, 0.5) is 0 Å². The molecule has 0 spiro atoms. The van der Waals surface area contributed by atoms with Crippen LogP contribution >= 0.6 is 0 Å². The first-order valence-electron chi connectivity index (χ1n) is 9.84. The Labute approximate surface area is 180 Å². The van der Waals surface area contributed by atoms with Gasteiger partial charge in [-0.25, -0.2) is 0 Å². The molecule has 0 heterocycles. The highest BCUT2D eigenvalue weighted by Gasteiger charge is 2.39. The van der Waals surface area contributed by atoms with Crippen LogP contribution in [-0.2, 0) is 0 Å². The Morgan fingerprint density at radius 3 is 1.80 bits per heavy atom. The van der Waals surface area contributed by atoms with Crippen molar-refractivity contribution < 1.29 is 28.5 Å². The van der Waals surface area contributed by atoms with Gasteiger partial charge in [0.25, 0.3) is 0 Å². The average molecular weight is 435 g/mol. The van der Waals surface area contributed by atoms with Gasteiger partial charge in [0.15, 0.2) is 11.5 Å². The number of hydrogen-bond donors (Lipinski definition) is 1. The largest absolute Gasteiger partial charge is 0.543 e. The number of rotatable bonds is 8. The molecule has 0 aliphatic carbocycles. The van der Waals surface area contributed by atoms with Crippen LogP contribution in [0.5, 0.6) is 28.7 Å². The lowest BCUT2D eigenvalue weighted by Crippen LogP contribution is -2.44. The lowest BCUT2D eigenvalue weighted by molar-refractivity contribution is 0.215. The van der Waals surface area contributed by atoms with Gasteiger partial charge in [0.2, 0.25) is 14.1 Å². The summed E-state index contributed by atoms with van der Waals surface area (Å²) >= 11 is 0. The molecule has 2 aromatic carbocycles. The maximum Gasteiger partial charge on any atom is 0.250 e. The van der Waals surface area contributed by atoms with E-state index in [4.69, 9.17) is 23.4 Å². The van der Waals surface area contributed by atoms with Gasteiger partial charge in [0.1, 0.15) is 17.6 Å². The highest BCUT2D eigenvalue weighted by atomic mass is 28.4. The van der Waals surface area contributed by atoms with Crippen molar-refractivity contribution in [2.45, 2.75) is 45.0 Å². The molecular weight excluding hydrogens is 400 g/mol. The van der Waals surface area contributed by atoms with Gasteiger partial charge < -0.3 is 28.5 Å². The van der Waals surface area contributed by atoms with Gasteiger partial charge in [0, 0.05) is 11.6 Å². The molecule has 2 aromatic rings. The molecule has 0 aliphatic rings. The zero-order valence-corrected chi connectivity index (χ0v) is 20.5. The van der Waals surface area contributed by atoms with Crippen molar-refractivity contribution in [3.63, 3.8) is 0 Å². The van der Waals surface area contributed by atoms with Crippen LogP contribution in [0.25, 0.3) is 0 Å². The molecule has 166 valence electrons. The number of aliphatic hydroxyl groups excluding tert-OH is 1. The molecule has 0 aromatic heterocycles. The highest BCUT2D eigenvalue weighted by molar-refractivity contribution is 6.74. The summed E-state index contributed by atoms with van der Waals surface area (Å²) in [6.07, 6.45) is -0.954. The van der Waals surface area contributed by atoms with Crippen molar-refractivity contribution in [1.29, 1.82) is 0 Å². The maximum absolute atomic E-state index is 11.3. The van der Waals surface area contributed by atoms with Gasteiger partial charge in [-0.15, -0.1) is 0 Å². The lowest BCUT2D eigenvalue weighted by atomic mass is 9.99. The van der Waals surface area contributed by atoms with Crippen LogP contribution in [0.2, 0.25) is 18.1 Å². The molecule has 7 heteroatoms. The van der Waals surface area contributed by atoms with E-state index in [1.54, 1.807) is 40.6 Å². The van der Waals surface area contributed by atoms with Crippen LogP contribution in [-0.4, -0.2) is 41.9 Å². The highest BCUT2D eigenvalue weighted by Crippen LogP contribution is 2.44. The molecule has 30 heavy (non-hydrogen) atoms. The van der Waals surface area contributed by atoms with E-state index >= 15 is 0 Å². The summed E-state index contributed by atoms with van der Waals surface area (Å²) < 4.78 is 28.2. The summed E-state index contributed by atoms with van der Waals surface area (Å²) in [5.74, 6) is 2.72. The van der Waals surface area contributed by atoms with Gasteiger partial charge in [0.05, 0.1) is 28.4 Å². The Morgan fingerprint density at radius 2 is 1.37 bits per heavy atom. The van der Waals surface area contributed by atoms with Crippen LogP contribution in [0.1, 0.15) is 38.0 Å². The molecular formula is C23H34O6Si. The lowest BCUT2D eigenvalue weighted by Gasteiger charge is -2.37. The first kappa shape index (κ1) is 23.9. The Hall–Kier alpha value is -2.38. The quantitative estimate of drug-likeness (QED) is 0.577. The van der Waals surface area contributed by atoms with E-state index in [9.17, 15) is 5.11 Å². The number of aliphatic hydroxyl groups is 1. The molecule has 2 rings (SSSR count). The fourth-order valence-electron chi connectivity index (χ4n) is 2.82. The van der Waals surface area contributed by atoms with Gasteiger partial charge in [-0.3, -0.25) is 0 Å². The molecule has 0 saturated carbocycles. The zero-order chi connectivity index (χ0) is 22.7. The van der Waals surface area contributed by atoms with Gasteiger partial charge in [-0.05, 0) is 48.0 Å². The predicted octanol–water partition coefficient (Wildman–Crippen LogP) is 5.19. The molecule has 1 atom stereocenters. The first-order chi connectivity index (χ1) is 14.0. The summed E-state index contributed by atoms with van der Waals surface area (Å²) in [6.45, 7) is 10.9. The third kappa shape index (κ3) is 4.84. The molecule has 0 radical (unpaired) electrons. The SMILES string of the molecule is COc1ccc(C(O)c2cc(OC)c(OC)c(OC)c2)c(O[Si](C)(C)C(C)(C)C)c1. The van der Waals surface area contributed by atoms with Gasteiger partial charge in [-0.2, -0.15) is 0 Å². The summed E-state index contributed by atoms with van der Waals surface area (Å²) in [7, 11) is 4.11. The smallest absolute Gasteiger partial charge is 0.250 e. The van der Waals surface area contributed by atoms with Crippen molar-refractivity contribution in [1.82, 2.24) is 0 Å². The molecule has 1 unspecified atom stereocenters. The second-order valence-electron chi connectivity index (χ2n) is 8.63. The molecule has 0 bridgehead atoms. The van der Waals surface area contributed by atoms with Crippen LogP contribution < -0.4 is 23.4 Å². The summed E-state index contributed by atoms with van der Waals surface area (Å²) in [6, 6.07) is 8.96. The van der Waals surface area contributed by atoms with Gasteiger partial charge in [-0.1, -0.05) is 20.8 Å². The number of hydrogen-bond acceptors (Lipinski definition) is 6. The van der Waals surface area contributed by atoms with E-state index < -0.39 is 14.4 Å². The monoisotopic (exact) mass is 434 g/mol. The molecule has 0 saturated heterocycles. The van der Waals surface area contributed by atoms with Crippen molar-refractivity contribution >= 4 is 8.32 Å². The first-order valence-corrected chi connectivity index (χ1v) is 12.7. The van der Waals surface area contributed by atoms with E-state index in [1.165, 1.54) is 0 Å². The van der Waals surface area contributed by atoms with E-state index in [0.717, 1.165) is 0 Å². The minimum absolute atomic E-state index is 0.00481. The molecule has 0 fully saturated rings. The minimum atomic E-state index is -2.15. The van der Waals surface area contributed by atoms with Crippen molar-refractivity contribution in [2.24, 2.45) is 0 Å². The third-order valence-corrected chi connectivity index (χ3v) is 10.0. The topological polar surface area (TPSA) is 66.4 Å². The Balaban J connectivity index is 2.58. The average Bonchev–Trinajstić information content (AvgIpc) is 2.70. The number of methoxy groups -OCH3 is 4. The summed E-state index contributed by atoms with van der Waals surface area (Å²) in [4.78, 5) is 0.